The van der Waals surface area contributed by atoms with Crippen LogP contribution in [-0.4, -0.2) is 25.0 Å². The first kappa shape index (κ1) is 19.6. The Morgan fingerprint density at radius 3 is 2.52 bits per heavy atom. The number of halogens is 1. The first-order valence-electron chi connectivity index (χ1n) is 8.70. The second-order valence-electron chi connectivity index (χ2n) is 6.03. The van der Waals surface area contributed by atoms with Gasteiger partial charge in [-0.1, -0.05) is 53.5 Å². The summed E-state index contributed by atoms with van der Waals surface area (Å²) < 4.78 is 12.8. The van der Waals surface area contributed by atoms with Crippen molar-refractivity contribution in [3.63, 3.8) is 0 Å². The number of aromatic nitrogens is 2. The highest BCUT2D eigenvalue weighted by Gasteiger charge is 2.22. The first-order chi connectivity index (χ1) is 13.1. The third-order valence-corrected chi connectivity index (χ3v) is 5.79. The molecule has 7 heteroatoms. The lowest BCUT2D eigenvalue weighted by molar-refractivity contribution is -0.713. The van der Waals surface area contributed by atoms with Crippen LogP contribution in [-0.2, 0) is 6.54 Å². The third kappa shape index (κ3) is 4.06. The predicted octanol–water partition coefficient (Wildman–Crippen LogP) is 4.33. The summed E-state index contributed by atoms with van der Waals surface area (Å²) in [7, 11) is 3.22. The highest BCUT2D eigenvalue weighted by Crippen LogP contribution is 2.34. The molecule has 0 atom stereocenters. The molecule has 0 bridgehead atoms. The number of methoxy groups -OCH3 is 2. The van der Waals surface area contributed by atoms with Crippen molar-refractivity contribution < 1.29 is 14.0 Å². The molecule has 2 aromatic carbocycles. The fourth-order valence-corrected chi connectivity index (χ4v) is 3.89. The number of fused-ring (bicyclic) bond motifs is 1. The van der Waals surface area contributed by atoms with E-state index < -0.39 is 0 Å². The Bertz CT molecular complexity index is 966. The van der Waals surface area contributed by atoms with Crippen LogP contribution in [0.25, 0.3) is 10.9 Å². The number of nitrogens with two attached hydrogens (primary N) is 1. The minimum Gasteiger partial charge on any atom is -0.493 e. The van der Waals surface area contributed by atoms with Gasteiger partial charge in [-0.15, -0.1) is 0 Å². The van der Waals surface area contributed by atoms with Crippen LogP contribution >= 0.6 is 23.4 Å². The summed E-state index contributed by atoms with van der Waals surface area (Å²) in [6.07, 6.45) is 1.04. The monoisotopic (exact) mass is 404 g/mol. The lowest BCUT2D eigenvalue weighted by atomic mass is 10.2. The number of ether oxygens (including phenoxy) is 2. The minimum absolute atomic E-state index is 0.550. The summed E-state index contributed by atoms with van der Waals surface area (Å²) in [5.74, 6) is 2.83. The van der Waals surface area contributed by atoms with E-state index in [0.29, 0.717) is 28.9 Å². The number of hydrogen-bond acceptors (Lipinski definition) is 5. The molecule has 1 aromatic heterocycles. The van der Waals surface area contributed by atoms with Gasteiger partial charge in [-0.3, -0.25) is 0 Å². The molecule has 142 valence electrons. The molecule has 3 aromatic rings. The molecule has 2 N–H and O–H groups in total. The van der Waals surface area contributed by atoms with Crippen LogP contribution in [0.4, 0.5) is 5.82 Å². The summed E-state index contributed by atoms with van der Waals surface area (Å²) in [6.45, 7) is 2.69. The summed E-state index contributed by atoms with van der Waals surface area (Å²) in [4.78, 5) is 4.85. The van der Waals surface area contributed by atoms with Gasteiger partial charge in [0.25, 0.3) is 5.16 Å². The van der Waals surface area contributed by atoms with E-state index in [2.05, 4.69) is 6.92 Å². The molecular weight excluding hydrogens is 382 g/mol. The van der Waals surface area contributed by atoms with Crippen LogP contribution in [0, 0.1) is 0 Å². The minimum atomic E-state index is 0.550. The molecule has 0 amide bonds. The Morgan fingerprint density at radius 2 is 1.85 bits per heavy atom. The van der Waals surface area contributed by atoms with Crippen molar-refractivity contribution >= 4 is 40.1 Å². The van der Waals surface area contributed by atoms with E-state index >= 15 is 0 Å². The molecule has 0 fully saturated rings. The van der Waals surface area contributed by atoms with Crippen molar-refractivity contribution in [2.45, 2.75) is 25.0 Å². The molecule has 27 heavy (non-hydrogen) atoms. The standard InChI is InChI=1S/C20H22ClN3O2S/c1-4-9-27-20-23-16-11-18(26-3)17(25-2)10-14(16)19(22)24(20)12-13-7-5-6-8-15(13)21/h5-8,10-11,22H,4,9,12H2,1-3H3/p+1. The van der Waals surface area contributed by atoms with E-state index in [-0.39, 0.29) is 0 Å². The van der Waals surface area contributed by atoms with Crippen molar-refractivity contribution in [3.8, 4) is 11.5 Å². The molecule has 3 rings (SSSR count). The molecule has 0 spiro atoms. The van der Waals surface area contributed by atoms with E-state index in [4.69, 9.17) is 31.8 Å². The smallest absolute Gasteiger partial charge is 0.299 e. The van der Waals surface area contributed by atoms with E-state index in [1.807, 2.05) is 41.0 Å². The van der Waals surface area contributed by atoms with Crippen molar-refractivity contribution in [2.75, 3.05) is 25.7 Å². The summed E-state index contributed by atoms with van der Waals surface area (Å²) in [5, 5.41) is 2.39. The molecule has 0 unspecified atom stereocenters. The van der Waals surface area contributed by atoms with Gasteiger partial charge in [0.15, 0.2) is 17.0 Å². The average molecular weight is 405 g/mol. The van der Waals surface area contributed by atoms with Gasteiger partial charge in [0, 0.05) is 28.5 Å². The normalized spacial score (nSPS) is 11.0. The molecule has 0 aliphatic heterocycles. The van der Waals surface area contributed by atoms with Crippen LogP contribution in [0.1, 0.15) is 18.9 Å². The Labute approximate surface area is 168 Å². The van der Waals surface area contributed by atoms with Crippen molar-refractivity contribution in [1.29, 1.82) is 0 Å². The highest BCUT2D eigenvalue weighted by molar-refractivity contribution is 7.99. The van der Waals surface area contributed by atoms with E-state index in [9.17, 15) is 0 Å². The second-order valence-corrected chi connectivity index (χ2v) is 7.50. The van der Waals surface area contributed by atoms with Crippen LogP contribution in [0.5, 0.6) is 11.5 Å². The Balaban J connectivity index is 2.19. The molecule has 0 radical (unpaired) electrons. The van der Waals surface area contributed by atoms with Crippen LogP contribution < -0.4 is 19.8 Å². The molecular formula is C20H23ClN3O2S+. The average Bonchev–Trinajstić information content (AvgIpc) is 2.69. The maximum atomic E-state index is 6.57. The lowest BCUT2D eigenvalue weighted by Gasteiger charge is -2.13. The Morgan fingerprint density at radius 1 is 1.15 bits per heavy atom. The highest BCUT2D eigenvalue weighted by atomic mass is 35.5. The van der Waals surface area contributed by atoms with Crippen molar-refractivity contribution in [1.82, 2.24) is 4.98 Å². The van der Waals surface area contributed by atoms with Gasteiger partial charge >= 0.3 is 0 Å². The molecule has 0 aliphatic carbocycles. The van der Waals surface area contributed by atoms with E-state index in [1.54, 1.807) is 26.0 Å². The predicted molar refractivity (Wildman–Crippen MR) is 111 cm³/mol. The zero-order valence-electron chi connectivity index (χ0n) is 15.7. The zero-order chi connectivity index (χ0) is 19.4. The summed E-state index contributed by atoms with van der Waals surface area (Å²) >= 11 is 8.05. The number of nitrogen functional groups attached to an aromatic ring is 1. The molecule has 0 saturated heterocycles. The largest absolute Gasteiger partial charge is 0.493 e. The molecule has 0 aliphatic rings. The number of rotatable bonds is 7. The Kier molecular flexibility index (Phi) is 6.29. The van der Waals surface area contributed by atoms with E-state index in [0.717, 1.165) is 33.8 Å². The van der Waals surface area contributed by atoms with Crippen molar-refractivity contribution in [2.24, 2.45) is 0 Å². The quantitative estimate of drug-likeness (QED) is 0.361. The van der Waals surface area contributed by atoms with Gasteiger partial charge in [-0.25, -0.2) is 4.57 Å². The van der Waals surface area contributed by atoms with Gasteiger partial charge in [-0.05, 0) is 12.5 Å². The van der Waals surface area contributed by atoms with Crippen LogP contribution in [0.2, 0.25) is 5.02 Å². The SMILES string of the molecule is CCCSc1nc2cc(OC)c(OC)cc2c(N)[n+]1Cc1ccccc1Cl. The van der Waals surface area contributed by atoms with Crippen LogP contribution in [0.15, 0.2) is 41.6 Å². The number of hydrogen-bond donors (Lipinski definition) is 1. The number of anilines is 1. The van der Waals surface area contributed by atoms with Gasteiger partial charge < -0.3 is 15.2 Å². The van der Waals surface area contributed by atoms with Gasteiger partial charge in [0.2, 0.25) is 5.82 Å². The molecule has 0 saturated carbocycles. The number of thioether (sulfide) groups is 1. The first-order valence-corrected chi connectivity index (χ1v) is 10.1. The van der Waals surface area contributed by atoms with Crippen molar-refractivity contribution in [3.05, 3.63) is 47.0 Å². The fraction of sp³-hybridized carbons (Fsp3) is 0.300. The van der Waals surface area contributed by atoms with E-state index in [1.165, 1.54) is 0 Å². The van der Waals surface area contributed by atoms with Gasteiger partial charge in [-0.2, -0.15) is 0 Å². The topological polar surface area (TPSA) is 61.3 Å². The maximum Gasteiger partial charge on any atom is 0.299 e. The molecule has 1 heterocycles. The molecule has 5 nitrogen and oxygen atoms in total. The fourth-order valence-electron chi connectivity index (χ4n) is 2.83. The third-order valence-electron chi connectivity index (χ3n) is 4.24. The van der Waals surface area contributed by atoms with Crippen LogP contribution in [0.3, 0.4) is 0 Å². The summed E-state index contributed by atoms with van der Waals surface area (Å²) in [5.41, 5.74) is 8.35. The van der Waals surface area contributed by atoms with Gasteiger partial charge in [0.05, 0.1) is 26.2 Å². The maximum absolute atomic E-state index is 6.57. The van der Waals surface area contributed by atoms with Gasteiger partial charge in [0.1, 0.15) is 0 Å². The zero-order valence-corrected chi connectivity index (χ0v) is 17.2. The lowest BCUT2D eigenvalue weighted by Crippen LogP contribution is -2.41. The number of nitrogens with zero attached hydrogens (tertiary/aromatic N) is 2. The Hall–Kier alpha value is -2.18. The second kappa shape index (κ2) is 8.67. The number of benzene rings is 2. The summed E-state index contributed by atoms with van der Waals surface area (Å²) in [6, 6.07) is 11.5.